The van der Waals surface area contributed by atoms with Crippen LogP contribution in [0.5, 0.6) is 5.75 Å². The first-order valence-electron chi connectivity index (χ1n) is 5.04. The van der Waals surface area contributed by atoms with Gasteiger partial charge in [0.1, 0.15) is 12.4 Å². The van der Waals surface area contributed by atoms with E-state index in [1.807, 2.05) is 31.2 Å². The van der Waals surface area contributed by atoms with Crippen LogP contribution < -0.4 is 10.5 Å². The topological polar surface area (TPSA) is 35.2 Å². The molecule has 0 fully saturated rings. The maximum Gasteiger partial charge on any atom is 0.125 e. The minimum Gasteiger partial charge on any atom is -0.488 e. The van der Waals surface area contributed by atoms with E-state index in [1.165, 1.54) is 11.1 Å². The van der Waals surface area contributed by atoms with Crippen molar-refractivity contribution in [2.75, 3.05) is 6.61 Å². The molecule has 88 valence electrons. The van der Waals surface area contributed by atoms with Gasteiger partial charge >= 0.3 is 0 Å². The first kappa shape index (κ1) is 13.4. The van der Waals surface area contributed by atoms with Gasteiger partial charge in [0.15, 0.2) is 0 Å². The molecule has 16 heavy (non-hydrogen) atoms. The molecule has 0 aliphatic heterocycles. The van der Waals surface area contributed by atoms with Gasteiger partial charge in [0.25, 0.3) is 0 Å². The van der Waals surface area contributed by atoms with Gasteiger partial charge in [-0.2, -0.15) is 0 Å². The van der Waals surface area contributed by atoms with Crippen LogP contribution in [0.15, 0.2) is 34.8 Å². The highest BCUT2D eigenvalue weighted by Crippen LogP contribution is 2.15. The van der Waals surface area contributed by atoms with Gasteiger partial charge in [0.05, 0.1) is 5.03 Å². The average Bonchev–Trinajstić information content (AvgIpc) is 2.27. The molecule has 2 nitrogen and oxygen atoms in total. The third kappa shape index (κ3) is 4.88. The van der Waals surface area contributed by atoms with E-state index in [0.29, 0.717) is 5.03 Å². The minimum absolute atomic E-state index is 0.167. The smallest absolute Gasteiger partial charge is 0.125 e. The Morgan fingerprint density at radius 3 is 2.56 bits per heavy atom. The summed E-state index contributed by atoms with van der Waals surface area (Å²) >= 11 is 11.1. The van der Waals surface area contributed by atoms with E-state index < -0.39 is 0 Å². The predicted molar refractivity (Wildman–Crippen MR) is 69.1 cm³/mol. The lowest BCUT2D eigenvalue weighted by molar-refractivity contribution is 0.359. The lowest BCUT2D eigenvalue weighted by atomic mass is 10.1. The molecule has 0 spiro atoms. The van der Waals surface area contributed by atoms with Gasteiger partial charge in [-0.05, 0) is 31.0 Å². The van der Waals surface area contributed by atoms with Crippen molar-refractivity contribution in [3.8, 4) is 5.75 Å². The summed E-state index contributed by atoms with van der Waals surface area (Å²) in [4.78, 5) is 0. The first-order chi connectivity index (χ1) is 7.61. The van der Waals surface area contributed by atoms with Gasteiger partial charge in [-0.1, -0.05) is 35.3 Å². The van der Waals surface area contributed by atoms with Gasteiger partial charge in [-0.3, -0.25) is 0 Å². The molecule has 0 aliphatic rings. The standard InChI is InChI=1S/C12H15Cl2NO/c1-9(15)6-10-2-4-12(5-3-10)16-8-11(14)7-13/h2-5,7,9H,6,8,15H2,1H3/b11-7-. The Morgan fingerprint density at radius 2 is 2.06 bits per heavy atom. The third-order valence-corrected chi connectivity index (χ3v) is 2.57. The Morgan fingerprint density at radius 1 is 1.44 bits per heavy atom. The summed E-state index contributed by atoms with van der Waals surface area (Å²) in [5.41, 5.74) is 8.20. The third-order valence-electron chi connectivity index (χ3n) is 1.98. The van der Waals surface area contributed by atoms with Crippen molar-refractivity contribution in [3.05, 3.63) is 40.4 Å². The van der Waals surface area contributed by atoms with Crippen molar-refractivity contribution in [1.29, 1.82) is 0 Å². The normalized spacial score (nSPS) is 13.6. The quantitative estimate of drug-likeness (QED) is 0.881. The highest BCUT2D eigenvalue weighted by Gasteiger charge is 1.99. The maximum absolute atomic E-state index is 5.71. The fourth-order valence-corrected chi connectivity index (χ4v) is 1.39. The second-order valence-electron chi connectivity index (χ2n) is 3.67. The van der Waals surface area contributed by atoms with E-state index in [-0.39, 0.29) is 12.6 Å². The summed E-state index contributed by atoms with van der Waals surface area (Å²) in [6, 6.07) is 7.96. The molecular formula is C12H15Cl2NO. The molecule has 0 heterocycles. The van der Waals surface area contributed by atoms with Crippen LogP contribution in [-0.2, 0) is 6.42 Å². The Kier molecular flexibility index (Phi) is 5.67. The van der Waals surface area contributed by atoms with E-state index in [0.717, 1.165) is 12.2 Å². The van der Waals surface area contributed by atoms with Gasteiger partial charge in [0, 0.05) is 11.6 Å². The summed E-state index contributed by atoms with van der Waals surface area (Å²) in [6.07, 6.45) is 0.864. The Balaban J connectivity index is 2.51. The van der Waals surface area contributed by atoms with Crippen LogP contribution in [0.1, 0.15) is 12.5 Å². The van der Waals surface area contributed by atoms with Crippen LogP contribution in [0, 0.1) is 0 Å². The molecule has 0 amide bonds. The number of hydrogen-bond donors (Lipinski definition) is 1. The van der Waals surface area contributed by atoms with E-state index >= 15 is 0 Å². The monoisotopic (exact) mass is 259 g/mol. The lowest BCUT2D eigenvalue weighted by Crippen LogP contribution is -2.17. The largest absolute Gasteiger partial charge is 0.488 e. The molecule has 4 heteroatoms. The van der Waals surface area contributed by atoms with Crippen LogP contribution >= 0.6 is 23.2 Å². The summed E-state index contributed by atoms with van der Waals surface area (Å²) in [5, 5.41) is 0.473. The van der Waals surface area contributed by atoms with Crippen LogP contribution in [0.25, 0.3) is 0 Å². The maximum atomic E-state index is 5.71. The second kappa shape index (κ2) is 6.79. The van der Waals surface area contributed by atoms with E-state index in [9.17, 15) is 0 Å². The minimum atomic E-state index is 0.167. The number of ether oxygens (including phenoxy) is 1. The molecule has 0 aromatic heterocycles. The van der Waals surface area contributed by atoms with E-state index in [4.69, 9.17) is 33.7 Å². The van der Waals surface area contributed by atoms with Crippen LogP contribution in [-0.4, -0.2) is 12.6 Å². The van der Waals surface area contributed by atoms with Gasteiger partial charge < -0.3 is 10.5 Å². The molecule has 1 rings (SSSR count). The number of hydrogen-bond acceptors (Lipinski definition) is 2. The molecule has 0 aliphatic carbocycles. The fraction of sp³-hybridized carbons (Fsp3) is 0.333. The molecule has 0 saturated carbocycles. The first-order valence-corrected chi connectivity index (χ1v) is 5.85. The van der Waals surface area contributed by atoms with Crippen molar-refractivity contribution < 1.29 is 4.74 Å². The highest BCUT2D eigenvalue weighted by molar-refractivity contribution is 6.36. The zero-order chi connectivity index (χ0) is 12.0. The molecule has 0 radical (unpaired) electrons. The van der Waals surface area contributed by atoms with Crippen molar-refractivity contribution in [3.63, 3.8) is 0 Å². The Labute approximate surface area is 106 Å². The summed E-state index contributed by atoms with van der Waals surface area (Å²) < 4.78 is 5.40. The second-order valence-corrected chi connectivity index (χ2v) is 4.37. The van der Waals surface area contributed by atoms with Gasteiger partial charge in [-0.15, -0.1) is 0 Å². The zero-order valence-corrected chi connectivity index (χ0v) is 10.6. The van der Waals surface area contributed by atoms with Crippen LogP contribution in [0.4, 0.5) is 0 Å². The zero-order valence-electron chi connectivity index (χ0n) is 9.12. The van der Waals surface area contributed by atoms with Gasteiger partial charge in [-0.25, -0.2) is 0 Å². The van der Waals surface area contributed by atoms with E-state index in [1.54, 1.807) is 0 Å². The van der Waals surface area contributed by atoms with Crippen LogP contribution in [0.2, 0.25) is 0 Å². The van der Waals surface area contributed by atoms with Crippen molar-refractivity contribution in [2.24, 2.45) is 5.73 Å². The highest BCUT2D eigenvalue weighted by atomic mass is 35.5. The molecule has 0 saturated heterocycles. The molecule has 2 N–H and O–H groups in total. The SMILES string of the molecule is CC(N)Cc1ccc(OC/C(Cl)=C/Cl)cc1. The van der Waals surface area contributed by atoms with Gasteiger partial charge in [0.2, 0.25) is 0 Å². The summed E-state index contributed by atoms with van der Waals surface area (Å²) in [7, 11) is 0. The van der Waals surface area contributed by atoms with E-state index in [2.05, 4.69) is 0 Å². The number of nitrogens with two attached hydrogens (primary N) is 1. The van der Waals surface area contributed by atoms with Crippen LogP contribution in [0.3, 0.4) is 0 Å². The average molecular weight is 260 g/mol. The Bertz CT molecular complexity index is 347. The van der Waals surface area contributed by atoms with Crippen molar-refractivity contribution in [1.82, 2.24) is 0 Å². The Hall–Kier alpha value is -0.700. The lowest BCUT2D eigenvalue weighted by Gasteiger charge is -2.07. The van der Waals surface area contributed by atoms with Crippen molar-refractivity contribution in [2.45, 2.75) is 19.4 Å². The fourth-order valence-electron chi connectivity index (χ4n) is 1.28. The molecule has 1 aromatic carbocycles. The number of rotatable bonds is 5. The molecule has 1 unspecified atom stereocenters. The predicted octanol–water partition coefficient (Wildman–Crippen LogP) is 3.27. The van der Waals surface area contributed by atoms with Crippen molar-refractivity contribution >= 4 is 23.2 Å². The number of benzene rings is 1. The molecule has 1 atom stereocenters. The molecular weight excluding hydrogens is 245 g/mol. The molecule has 1 aromatic rings. The molecule has 0 bridgehead atoms. The number of halogens is 2. The summed E-state index contributed by atoms with van der Waals surface area (Å²) in [6.45, 7) is 2.27. The summed E-state index contributed by atoms with van der Waals surface area (Å²) in [5.74, 6) is 0.769.